The van der Waals surface area contributed by atoms with Crippen LogP contribution in [0.1, 0.15) is 12.8 Å². The highest BCUT2D eigenvalue weighted by Gasteiger charge is 2.20. The van der Waals surface area contributed by atoms with Gasteiger partial charge in [-0.25, -0.2) is 4.99 Å². The van der Waals surface area contributed by atoms with Gasteiger partial charge in [-0.15, -0.1) is 34.2 Å². The molecule has 0 aromatic carbocycles. The summed E-state index contributed by atoms with van der Waals surface area (Å²) in [5.74, 6) is 0.439. The van der Waals surface area contributed by atoms with Crippen molar-refractivity contribution in [2.45, 2.75) is 18.9 Å². The van der Waals surface area contributed by atoms with Crippen LogP contribution in [0.5, 0.6) is 0 Å². The maximum atomic E-state index is 5.58. The molecule has 72 valence electrons. The van der Waals surface area contributed by atoms with Crippen LogP contribution in [-0.2, 0) is 0 Å². The molecular weight excluding hydrogens is 301 g/mol. The van der Waals surface area contributed by atoms with Gasteiger partial charge in [0.2, 0.25) is 5.13 Å². The zero-order valence-corrected chi connectivity index (χ0v) is 9.95. The predicted octanol–water partition coefficient (Wildman–Crippen LogP) is 1.05. The van der Waals surface area contributed by atoms with Gasteiger partial charge in [0, 0.05) is 0 Å². The van der Waals surface area contributed by atoms with E-state index in [4.69, 9.17) is 5.73 Å². The van der Waals surface area contributed by atoms with Crippen LogP contribution in [0.4, 0.5) is 5.13 Å². The number of nitrogens with two attached hydrogens (primary N) is 1. The molecule has 2 rings (SSSR count). The average molecular weight is 311 g/mol. The van der Waals surface area contributed by atoms with E-state index in [1.54, 1.807) is 5.51 Å². The molecule has 0 saturated heterocycles. The number of anilines is 1. The molecule has 1 aliphatic carbocycles. The van der Waals surface area contributed by atoms with Gasteiger partial charge in [0.25, 0.3) is 0 Å². The van der Waals surface area contributed by atoms with Crippen molar-refractivity contribution in [2.75, 3.05) is 5.32 Å². The summed E-state index contributed by atoms with van der Waals surface area (Å²) in [6, 6.07) is 0.436. The standard InChI is InChI=1S/C6H9N5S.HI/c7-5(9-4-1-2-4)10-6-11-8-3-12-6;/h3-4H,1-2H2,(H3,7,9,10,11);1H. The topological polar surface area (TPSA) is 76.2 Å². The summed E-state index contributed by atoms with van der Waals surface area (Å²) in [4.78, 5) is 4.19. The lowest BCUT2D eigenvalue weighted by Crippen LogP contribution is -2.22. The molecule has 0 unspecified atom stereocenters. The van der Waals surface area contributed by atoms with Crippen LogP contribution in [0.2, 0.25) is 0 Å². The Labute approximate surface area is 96.9 Å². The molecule has 0 bridgehead atoms. The molecule has 13 heavy (non-hydrogen) atoms. The molecule has 7 heteroatoms. The number of hydrogen-bond donors (Lipinski definition) is 2. The number of nitrogens with zero attached hydrogens (tertiary/aromatic N) is 3. The first kappa shape index (κ1) is 10.6. The van der Waals surface area contributed by atoms with E-state index in [9.17, 15) is 0 Å². The van der Waals surface area contributed by atoms with Crippen molar-refractivity contribution < 1.29 is 0 Å². The zero-order chi connectivity index (χ0) is 8.39. The van der Waals surface area contributed by atoms with Crippen LogP contribution in [0.3, 0.4) is 0 Å². The van der Waals surface area contributed by atoms with Crippen molar-refractivity contribution in [3.8, 4) is 0 Å². The van der Waals surface area contributed by atoms with Gasteiger partial charge < -0.3 is 11.1 Å². The lowest BCUT2D eigenvalue weighted by Gasteiger charge is -1.98. The highest BCUT2D eigenvalue weighted by atomic mass is 127. The Morgan fingerprint density at radius 3 is 3.00 bits per heavy atom. The molecule has 1 aromatic rings. The van der Waals surface area contributed by atoms with Gasteiger partial charge in [-0.05, 0) is 12.8 Å². The SMILES string of the molecule is I.NC(=NC1CC1)Nc1nncs1. The number of guanidine groups is 1. The smallest absolute Gasteiger partial charge is 0.212 e. The van der Waals surface area contributed by atoms with Crippen molar-refractivity contribution in [2.24, 2.45) is 10.7 Å². The monoisotopic (exact) mass is 311 g/mol. The molecule has 1 aromatic heterocycles. The normalized spacial score (nSPS) is 16.5. The maximum absolute atomic E-state index is 5.58. The Balaban J connectivity index is 0.000000845. The van der Waals surface area contributed by atoms with Crippen molar-refractivity contribution >= 4 is 46.4 Å². The highest BCUT2D eigenvalue weighted by molar-refractivity contribution is 14.0. The van der Waals surface area contributed by atoms with Crippen molar-refractivity contribution in [1.82, 2.24) is 10.2 Å². The molecule has 3 N–H and O–H groups in total. The summed E-state index contributed by atoms with van der Waals surface area (Å²) in [5, 5.41) is 11.0. The van der Waals surface area contributed by atoms with Crippen molar-refractivity contribution in [1.29, 1.82) is 0 Å². The summed E-state index contributed by atoms with van der Waals surface area (Å²) in [6.45, 7) is 0. The van der Waals surface area contributed by atoms with Gasteiger partial charge >= 0.3 is 0 Å². The first-order valence-corrected chi connectivity index (χ1v) is 4.59. The van der Waals surface area contributed by atoms with E-state index < -0.39 is 0 Å². The molecule has 0 amide bonds. The number of hydrogen-bond acceptors (Lipinski definition) is 4. The lowest BCUT2D eigenvalue weighted by molar-refractivity contribution is 1.05. The fourth-order valence-electron chi connectivity index (χ4n) is 0.770. The molecule has 5 nitrogen and oxygen atoms in total. The number of aliphatic imine (C=N–C) groups is 1. The number of halogens is 1. The zero-order valence-electron chi connectivity index (χ0n) is 6.80. The summed E-state index contributed by atoms with van der Waals surface area (Å²) in [7, 11) is 0. The summed E-state index contributed by atoms with van der Waals surface area (Å²) < 4.78 is 0. The molecule has 1 heterocycles. The third kappa shape index (κ3) is 3.43. The van der Waals surface area contributed by atoms with Crippen molar-refractivity contribution in [3.63, 3.8) is 0 Å². The molecule has 1 saturated carbocycles. The summed E-state index contributed by atoms with van der Waals surface area (Å²) >= 11 is 1.40. The fraction of sp³-hybridized carbons (Fsp3) is 0.500. The van der Waals surface area contributed by atoms with Crippen molar-refractivity contribution in [3.05, 3.63) is 5.51 Å². The highest BCUT2D eigenvalue weighted by Crippen LogP contribution is 2.23. The molecule has 0 atom stereocenters. The Bertz CT molecular complexity index is 281. The van der Waals surface area contributed by atoms with E-state index in [2.05, 4.69) is 20.5 Å². The van der Waals surface area contributed by atoms with E-state index in [-0.39, 0.29) is 24.0 Å². The van der Waals surface area contributed by atoms with Gasteiger partial charge in [0.15, 0.2) is 5.96 Å². The molecule has 0 radical (unpaired) electrons. The molecule has 0 spiro atoms. The molecule has 0 aliphatic heterocycles. The number of nitrogens with one attached hydrogen (secondary N) is 1. The van der Waals surface area contributed by atoms with Gasteiger partial charge in [-0.1, -0.05) is 11.3 Å². The minimum Gasteiger partial charge on any atom is -0.370 e. The Hall–Kier alpha value is -0.440. The first-order valence-electron chi connectivity index (χ1n) is 3.71. The largest absolute Gasteiger partial charge is 0.370 e. The quantitative estimate of drug-likeness (QED) is 0.486. The molecule has 1 aliphatic rings. The van der Waals surface area contributed by atoms with Crippen LogP contribution in [0.15, 0.2) is 10.5 Å². The maximum Gasteiger partial charge on any atom is 0.212 e. The van der Waals surface area contributed by atoms with Gasteiger partial charge in [-0.3, -0.25) is 0 Å². The Kier molecular flexibility index (Phi) is 3.85. The van der Waals surface area contributed by atoms with E-state index in [0.29, 0.717) is 17.1 Å². The van der Waals surface area contributed by atoms with Gasteiger partial charge in [0.05, 0.1) is 6.04 Å². The van der Waals surface area contributed by atoms with Gasteiger partial charge in [0.1, 0.15) is 5.51 Å². The fourth-order valence-corrected chi connectivity index (χ4v) is 1.22. The van der Waals surface area contributed by atoms with E-state index in [0.717, 1.165) is 12.8 Å². The van der Waals surface area contributed by atoms with Crippen LogP contribution in [0, 0.1) is 0 Å². The minimum atomic E-state index is 0. The summed E-state index contributed by atoms with van der Waals surface area (Å²) in [6.07, 6.45) is 2.30. The second-order valence-corrected chi connectivity index (χ2v) is 3.45. The Morgan fingerprint density at radius 2 is 2.46 bits per heavy atom. The second kappa shape index (κ2) is 4.70. The predicted molar refractivity (Wildman–Crippen MR) is 63.6 cm³/mol. The van der Waals surface area contributed by atoms with E-state index >= 15 is 0 Å². The second-order valence-electron chi connectivity index (χ2n) is 2.61. The Morgan fingerprint density at radius 1 is 1.69 bits per heavy atom. The molecular formula is C6H10IN5S. The van der Waals surface area contributed by atoms with E-state index in [1.807, 2.05) is 0 Å². The third-order valence-corrected chi connectivity index (χ3v) is 2.07. The molecule has 1 fully saturated rings. The van der Waals surface area contributed by atoms with Crippen LogP contribution in [-0.4, -0.2) is 22.2 Å². The lowest BCUT2D eigenvalue weighted by atomic mass is 10.7. The summed E-state index contributed by atoms with van der Waals surface area (Å²) in [5.41, 5.74) is 7.23. The van der Waals surface area contributed by atoms with E-state index in [1.165, 1.54) is 11.3 Å². The van der Waals surface area contributed by atoms with Gasteiger partial charge in [-0.2, -0.15) is 0 Å². The average Bonchev–Trinajstić information content (AvgIpc) is 2.66. The van der Waals surface area contributed by atoms with Crippen LogP contribution >= 0.6 is 35.3 Å². The number of rotatable bonds is 2. The number of aromatic nitrogens is 2. The van der Waals surface area contributed by atoms with Crippen LogP contribution < -0.4 is 11.1 Å². The first-order chi connectivity index (χ1) is 5.84. The van der Waals surface area contributed by atoms with Crippen LogP contribution in [0.25, 0.3) is 0 Å². The minimum absolute atomic E-state index is 0. The third-order valence-electron chi connectivity index (χ3n) is 1.46.